The molecule has 3 N–H and O–H groups in total. The van der Waals surface area contributed by atoms with Crippen molar-refractivity contribution in [2.24, 2.45) is 5.73 Å². The number of hydrogen-bond acceptors (Lipinski definition) is 4. The van der Waals surface area contributed by atoms with Gasteiger partial charge in [0, 0.05) is 38.7 Å². The number of nitrogens with two attached hydrogens (primary N) is 1. The molecular weight excluding hydrogens is 204 g/mol. The quantitative estimate of drug-likeness (QED) is 0.795. The molecule has 5 heteroatoms. The summed E-state index contributed by atoms with van der Waals surface area (Å²) < 4.78 is 7.47. The van der Waals surface area contributed by atoms with Crippen molar-refractivity contribution in [3.8, 4) is 0 Å². The van der Waals surface area contributed by atoms with Crippen molar-refractivity contribution in [3.63, 3.8) is 0 Å². The minimum Gasteiger partial charge on any atom is -0.381 e. The molecule has 0 atom stereocenters. The maximum Gasteiger partial charge on any atom is 0.203 e. The van der Waals surface area contributed by atoms with Crippen molar-refractivity contribution in [2.75, 3.05) is 25.1 Å². The fourth-order valence-corrected chi connectivity index (χ4v) is 2.07. The van der Waals surface area contributed by atoms with Crippen molar-refractivity contribution in [3.05, 3.63) is 12.4 Å². The highest BCUT2D eigenvalue weighted by Gasteiger charge is 2.32. The fraction of sp³-hybridized carbons (Fsp3) is 0.727. The first-order valence-electron chi connectivity index (χ1n) is 5.87. The topological polar surface area (TPSA) is 65.1 Å². The van der Waals surface area contributed by atoms with E-state index in [0.717, 1.165) is 38.5 Å². The summed E-state index contributed by atoms with van der Waals surface area (Å²) in [5.74, 6) is 0.912. The van der Waals surface area contributed by atoms with Gasteiger partial charge in [0.05, 0.1) is 5.54 Å². The van der Waals surface area contributed by atoms with Crippen LogP contribution in [-0.2, 0) is 11.3 Å². The number of imidazole rings is 1. The van der Waals surface area contributed by atoms with Gasteiger partial charge in [-0.25, -0.2) is 4.98 Å². The normalized spacial score (nSPS) is 19.6. The Hall–Kier alpha value is -1.07. The monoisotopic (exact) mass is 224 g/mol. The van der Waals surface area contributed by atoms with E-state index in [-0.39, 0.29) is 5.54 Å². The molecule has 16 heavy (non-hydrogen) atoms. The molecule has 90 valence electrons. The Morgan fingerprint density at radius 2 is 2.31 bits per heavy atom. The van der Waals surface area contributed by atoms with Gasteiger partial charge in [-0.1, -0.05) is 0 Å². The van der Waals surface area contributed by atoms with Crippen LogP contribution in [0.2, 0.25) is 0 Å². The predicted octanol–water partition coefficient (Wildman–Crippen LogP) is 0.823. The zero-order chi connectivity index (χ0) is 11.4. The van der Waals surface area contributed by atoms with E-state index in [9.17, 15) is 0 Å². The molecule has 0 aromatic carbocycles. The molecule has 2 heterocycles. The number of rotatable bonds is 4. The van der Waals surface area contributed by atoms with Gasteiger partial charge in [-0.05, 0) is 19.8 Å². The standard InChI is InChI=1S/C11H20N4O/c1-2-15-6-5-13-10(15)14-11(9-12)3-7-16-8-4-11/h5-6H,2-4,7-9,12H2,1H3,(H,13,14). The lowest BCUT2D eigenvalue weighted by atomic mass is 9.90. The molecule has 0 spiro atoms. The molecule has 1 saturated heterocycles. The molecule has 1 aromatic heterocycles. The molecule has 1 fully saturated rings. The highest BCUT2D eigenvalue weighted by molar-refractivity contribution is 5.31. The van der Waals surface area contributed by atoms with E-state index < -0.39 is 0 Å². The third-order valence-electron chi connectivity index (χ3n) is 3.27. The number of aromatic nitrogens is 2. The summed E-state index contributed by atoms with van der Waals surface area (Å²) in [4.78, 5) is 4.33. The van der Waals surface area contributed by atoms with Gasteiger partial charge in [0.25, 0.3) is 0 Å². The summed E-state index contributed by atoms with van der Waals surface area (Å²) in [6.07, 6.45) is 5.68. The fourth-order valence-electron chi connectivity index (χ4n) is 2.07. The van der Waals surface area contributed by atoms with E-state index >= 15 is 0 Å². The lowest BCUT2D eigenvalue weighted by Crippen LogP contribution is -2.50. The summed E-state index contributed by atoms with van der Waals surface area (Å²) >= 11 is 0. The molecule has 0 saturated carbocycles. The lowest BCUT2D eigenvalue weighted by molar-refractivity contribution is 0.0624. The SMILES string of the molecule is CCn1ccnc1NC1(CN)CCOCC1. The molecule has 0 aliphatic carbocycles. The summed E-state index contributed by atoms with van der Waals surface area (Å²) in [6, 6.07) is 0. The van der Waals surface area contributed by atoms with Gasteiger partial charge in [0.1, 0.15) is 0 Å². The van der Waals surface area contributed by atoms with Crippen LogP contribution in [0.25, 0.3) is 0 Å². The van der Waals surface area contributed by atoms with E-state index in [2.05, 4.69) is 21.8 Å². The Labute approximate surface area is 96.0 Å². The van der Waals surface area contributed by atoms with Crippen molar-refractivity contribution < 1.29 is 4.74 Å². The molecule has 0 radical (unpaired) electrons. The summed E-state index contributed by atoms with van der Waals surface area (Å²) in [5, 5.41) is 3.49. The third kappa shape index (κ3) is 2.20. The number of hydrogen-bond donors (Lipinski definition) is 2. The van der Waals surface area contributed by atoms with Gasteiger partial charge in [-0.3, -0.25) is 0 Å². The molecule has 1 aliphatic rings. The molecule has 5 nitrogen and oxygen atoms in total. The molecule has 2 rings (SSSR count). The number of ether oxygens (including phenoxy) is 1. The maximum atomic E-state index is 5.89. The Morgan fingerprint density at radius 1 is 1.56 bits per heavy atom. The van der Waals surface area contributed by atoms with E-state index in [1.165, 1.54) is 0 Å². The average Bonchev–Trinajstić information content (AvgIpc) is 2.77. The zero-order valence-electron chi connectivity index (χ0n) is 9.78. The van der Waals surface area contributed by atoms with Gasteiger partial charge in [0.15, 0.2) is 0 Å². The third-order valence-corrected chi connectivity index (χ3v) is 3.27. The second-order valence-corrected chi connectivity index (χ2v) is 4.26. The van der Waals surface area contributed by atoms with Crippen molar-refractivity contribution >= 4 is 5.95 Å². The van der Waals surface area contributed by atoms with Crippen LogP contribution in [-0.4, -0.2) is 34.8 Å². The maximum absolute atomic E-state index is 5.89. The van der Waals surface area contributed by atoms with Crippen LogP contribution < -0.4 is 11.1 Å². The Kier molecular flexibility index (Phi) is 3.46. The van der Waals surface area contributed by atoms with Crippen LogP contribution in [0.5, 0.6) is 0 Å². The number of anilines is 1. The van der Waals surface area contributed by atoms with Crippen LogP contribution >= 0.6 is 0 Å². The highest BCUT2D eigenvalue weighted by atomic mass is 16.5. The van der Waals surface area contributed by atoms with Crippen molar-refractivity contribution in [1.82, 2.24) is 9.55 Å². The molecule has 0 bridgehead atoms. The Balaban J connectivity index is 2.11. The summed E-state index contributed by atoms with van der Waals surface area (Å²) in [7, 11) is 0. The van der Waals surface area contributed by atoms with Gasteiger partial charge in [-0.15, -0.1) is 0 Å². The Morgan fingerprint density at radius 3 is 2.94 bits per heavy atom. The average molecular weight is 224 g/mol. The molecule has 1 aliphatic heterocycles. The van der Waals surface area contributed by atoms with Crippen LogP contribution in [0.3, 0.4) is 0 Å². The number of nitrogens with zero attached hydrogens (tertiary/aromatic N) is 2. The highest BCUT2D eigenvalue weighted by Crippen LogP contribution is 2.24. The second-order valence-electron chi connectivity index (χ2n) is 4.26. The predicted molar refractivity (Wildman–Crippen MR) is 63.4 cm³/mol. The first kappa shape index (κ1) is 11.4. The van der Waals surface area contributed by atoms with E-state index in [1.54, 1.807) is 0 Å². The van der Waals surface area contributed by atoms with Gasteiger partial charge < -0.3 is 20.4 Å². The zero-order valence-corrected chi connectivity index (χ0v) is 9.78. The van der Waals surface area contributed by atoms with Crippen LogP contribution in [0.15, 0.2) is 12.4 Å². The second kappa shape index (κ2) is 4.84. The van der Waals surface area contributed by atoms with E-state index in [0.29, 0.717) is 6.54 Å². The van der Waals surface area contributed by atoms with Crippen LogP contribution in [0.1, 0.15) is 19.8 Å². The first-order valence-corrected chi connectivity index (χ1v) is 5.87. The largest absolute Gasteiger partial charge is 0.381 e. The van der Waals surface area contributed by atoms with Gasteiger partial charge in [-0.2, -0.15) is 0 Å². The molecular formula is C11H20N4O. The molecule has 1 aromatic rings. The minimum atomic E-state index is -0.0451. The van der Waals surface area contributed by atoms with Gasteiger partial charge >= 0.3 is 0 Å². The smallest absolute Gasteiger partial charge is 0.203 e. The Bertz CT molecular complexity index is 330. The summed E-state index contributed by atoms with van der Waals surface area (Å²) in [6.45, 7) is 5.19. The molecule has 0 unspecified atom stereocenters. The first-order chi connectivity index (χ1) is 7.79. The van der Waals surface area contributed by atoms with E-state index in [1.807, 2.05) is 12.4 Å². The van der Waals surface area contributed by atoms with Crippen LogP contribution in [0.4, 0.5) is 5.95 Å². The van der Waals surface area contributed by atoms with Crippen molar-refractivity contribution in [2.45, 2.75) is 31.8 Å². The van der Waals surface area contributed by atoms with Crippen molar-refractivity contribution in [1.29, 1.82) is 0 Å². The number of aryl methyl sites for hydroxylation is 1. The number of nitrogens with one attached hydrogen (secondary N) is 1. The van der Waals surface area contributed by atoms with Gasteiger partial charge in [0.2, 0.25) is 5.95 Å². The van der Waals surface area contributed by atoms with E-state index in [4.69, 9.17) is 10.5 Å². The minimum absolute atomic E-state index is 0.0451. The molecule has 0 amide bonds. The lowest BCUT2D eigenvalue weighted by Gasteiger charge is -2.37. The summed E-state index contributed by atoms with van der Waals surface area (Å²) in [5.41, 5.74) is 5.85. The van der Waals surface area contributed by atoms with Crippen LogP contribution in [0, 0.1) is 0 Å².